The van der Waals surface area contributed by atoms with Gasteiger partial charge in [0.1, 0.15) is 24.4 Å². The predicted octanol–water partition coefficient (Wildman–Crippen LogP) is -3.59. The van der Waals surface area contributed by atoms with Crippen LogP contribution in [0.25, 0.3) is 0 Å². The first-order valence-corrected chi connectivity index (χ1v) is 3.48. The topological polar surface area (TPSA) is 121 Å². The summed E-state index contributed by atoms with van der Waals surface area (Å²) in [7, 11) is 0. The smallest absolute Gasteiger partial charge is 0.111 e. The van der Waals surface area contributed by atoms with Gasteiger partial charge in [-0.25, -0.2) is 0 Å². The quantitative estimate of drug-likeness (QED) is 0.310. The van der Waals surface area contributed by atoms with Gasteiger partial charge in [-0.15, -0.1) is 0 Å². The Morgan fingerprint density at radius 3 is 1.08 bits per heavy atom. The van der Waals surface area contributed by atoms with Gasteiger partial charge in [0.15, 0.2) is 0 Å². The van der Waals surface area contributed by atoms with Gasteiger partial charge in [0.25, 0.3) is 0 Å². The molecular weight excluding hydrogens is 267 g/mol. The fourth-order valence-corrected chi connectivity index (χ4v) is 0.671. The third-order valence-electron chi connectivity index (χ3n) is 1.51. The van der Waals surface area contributed by atoms with Crippen molar-refractivity contribution in [2.75, 3.05) is 13.2 Å². The molecule has 81 valence electrons. The average Bonchev–Trinajstić information content (AvgIpc) is 2.12. The van der Waals surface area contributed by atoms with Crippen LogP contribution in [0.2, 0.25) is 0 Å². The maximum absolute atomic E-state index is 8.96. The van der Waals surface area contributed by atoms with Crippen LogP contribution in [-0.4, -0.2) is 68.3 Å². The number of aliphatic hydroxyl groups is 6. The van der Waals surface area contributed by atoms with Crippen LogP contribution in [0.1, 0.15) is 0 Å². The van der Waals surface area contributed by atoms with Crippen LogP contribution >= 0.6 is 0 Å². The van der Waals surface area contributed by atoms with Crippen LogP contribution in [0.4, 0.5) is 0 Å². The Labute approximate surface area is 88.8 Å². The third-order valence-corrected chi connectivity index (χ3v) is 1.51. The Morgan fingerprint density at radius 1 is 0.692 bits per heavy atom. The van der Waals surface area contributed by atoms with Gasteiger partial charge in [-0.1, -0.05) is 0 Å². The monoisotopic (exact) mass is 281 g/mol. The van der Waals surface area contributed by atoms with E-state index in [4.69, 9.17) is 30.6 Å². The molecule has 1 radical (unpaired) electrons. The fourth-order valence-electron chi connectivity index (χ4n) is 0.671. The van der Waals surface area contributed by atoms with Crippen LogP contribution < -0.4 is 0 Å². The van der Waals surface area contributed by atoms with Gasteiger partial charge in [0.05, 0.1) is 13.2 Å². The van der Waals surface area contributed by atoms with Crippen molar-refractivity contribution >= 4 is 0 Å². The molecule has 0 saturated carbocycles. The second-order valence-corrected chi connectivity index (χ2v) is 2.48. The Bertz CT molecular complexity index is 110. The van der Waals surface area contributed by atoms with Gasteiger partial charge in [-0.3, -0.25) is 0 Å². The molecule has 0 spiro atoms. The van der Waals surface area contributed by atoms with E-state index in [1.165, 1.54) is 0 Å². The molecule has 6 N–H and O–H groups in total. The number of hydrogen-bond donors (Lipinski definition) is 6. The molecule has 0 rings (SSSR count). The van der Waals surface area contributed by atoms with Gasteiger partial charge < -0.3 is 30.6 Å². The fraction of sp³-hybridized carbons (Fsp3) is 1.00. The molecule has 0 aromatic rings. The van der Waals surface area contributed by atoms with Gasteiger partial charge in [-0.2, -0.15) is 0 Å². The molecule has 0 amide bonds. The van der Waals surface area contributed by atoms with Crippen LogP contribution in [0.3, 0.4) is 0 Å². The van der Waals surface area contributed by atoms with E-state index in [-0.39, 0.29) is 20.1 Å². The molecular formula is C6H14O6Tc. The Morgan fingerprint density at radius 2 is 0.923 bits per heavy atom. The van der Waals surface area contributed by atoms with Crippen LogP contribution in [0.15, 0.2) is 0 Å². The molecule has 0 aliphatic carbocycles. The number of aliphatic hydroxyl groups excluding tert-OH is 6. The summed E-state index contributed by atoms with van der Waals surface area (Å²) < 4.78 is 0. The Balaban J connectivity index is 0. The number of rotatable bonds is 5. The molecule has 0 aliphatic rings. The van der Waals surface area contributed by atoms with Crippen molar-refractivity contribution in [3.63, 3.8) is 0 Å². The van der Waals surface area contributed by atoms with E-state index in [1.807, 2.05) is 0 Å². The van der Waals surface area contributed by atoms with Gasteiger partial charge in [0, 0.05) is 20.1 Å². The zero-order chi connectivity index (χ0) is 9.72. The Hall–Kier alpha value is 0.409. The van der Waals surface area contributed by atoms with Crippen molar-refractivity contribution in [3.8, 4) is 0 Å². The first-order chi connectivity index (χ1) is 5.54. The summed E-state index contributed by atoms with van der Waals surface area (Å²) in [5, 5.41) is 52.2. The molecule has 0 saturated heterocycles. The second kappa shape index (κ2) is 7.78. The summed E-state index contributed by atoms with van der Waals surface area (Å²) in [6, 6.07) is 0. The van der Waals surface area contributed by atoms with Crippen molar-refractivity contribution in [2.45, 2.75) is 24.4 Å². The van der Waals surface area contributed by atoms with Crippen molar-refractivity contribution in [3.05, 3.63) is 0 Å². The van der Waals surface area contributed by atoms with Crippen LogP contribution in [0.5, 0.6) is 0 Å². The van der Waals surface area contributed by atoms with E-state index in [1.54, 1.807) is 0 Å². The van der Waals surface area contributed by atoms with Gasteiger partial charge in [-0.05, 0) is 0 Å². The summed E-state index contributed by atoms with van der Waals surface area (Å²) in [6.45, 7) is -1.45. The van der Waals surface area contributed by atoms with Gasteiger partial charge in [0.2, 0.25) is 0 Å². The maximum atomic E-state index is 8.96. The third kappa shape index (κ3) is 4.99. The van der Waals surface area contributed by atoms with E-state index in [0.717, 1.165) is 0 Å². The molecule has 7 heteroatoms. The van der Waals surface area contributed by atoms with E-state index in [0.29, 0.717) is 0 Å². The molecule has 0 fully saturated rings. The average molecular weight is 281 g/mol. The van der Waals surface area contributed by atoms with Crippen molar-refractivity contribution < 1.29 is 50.7 Å². The molecule has 0 unspecified atom stereocenters. The SMILES string of the molecule is OC[C@@H](O)[C@@H](O)[C@H](O)[C@H](O)CO.[99Tc]. The van der Waals surface area contributed by atoms with Gasteiger partial charge >= 0.3 is 0 Å². The minimum Gasteiger partial charge on any atom is -0.394 e. The summed E-state index contributed by atoms with van der Waals surface area (Å²) in [5.41, 5.74) is 0. The molecule has 4 atom stereocenters. The van der Waals surface area contributed by atoms with E-state index >= 15 is 0 Å². The first-order valence-electron chi connectivity index (χ1n) is 3.48. The second-order valence-electron chi connectivity index (χ2n) is 2.48. The van der Waals surface area contributed by atoms with Crippen LogP contribution in [0, 0.1) is 0 Å². The maximum Gasteiger partial charge on any atom is 0.111 e. The summed E-state index contributed by atoms with van der Waals surface area (Å²) >= 11 is 0. The molecule has 0 aromatic carbocycles. The molecule has 0 aliphatic heterocycles. The largest absolute Gasteiger partial charge is 0.394 e. The van der Waals surface area contributed by atoms with Crippen molar-refractivity contribution in [2.24, 2.45) is 0 Å². The first kappa shape index (κ1) is 15.9. The molecule has 0 bridgehead atoms. The molecule has 6 nitrogen and oxygen atoms in total. The molecule has 0 heterocycles. The Kier molecular flexibility index (Phi) is 9.49. The predicted molar refractivity (Wildman–Crippen MR) is 38.2 cm³/mol. The minimum atomic E-state index is -1.67. The van der Waals surface area contributed by atoms with Crippen molar-refractivity contribution in [1.82, 2.24) is 0 Å². The minimum absolute atomic E-state index is 0. The summed E-state index contributed by atoms with van der Waals surface area (Å²) in [4.78, 5) is 0. The van der Waals surface area contributed by atoms with Crippen LogP contribution in [-0.2, 0) is 20.1 Å². The molecule has 13 heavy (non-hydrogen) atoms. The zero-order valence-electron chi connectivity index (χ0n) is 6.78. The van der Waals surface area contributed by atoms with Crippen molar-refractivity contribution in [1.29, 1.82) is 0 Å². The van der Waals surface area contributed by atoms with E-state index in [9.17, 15) is 0 Å². The molecule has 0 aromatic heterocycles. The summed E-state index contributed by atoms with van der Waals surface area (Å²) in [5.74, 6) is 0. The normalized spacial score (nSPS) is 19.8. The number of hydrogen-bond acceptors (Lipinski definition) is 6. The zero-order valence-corrected chi connectivity index (χ0v) is 8.64. The van der Waals surface area contributed by atoms with E-state index in [2.05, 4.69) is 0 Å². The summed E-state index contributed by atoms with van der Waals surface area (Å²) in [6.07, 6.45) is -6.39. The standard InChI is InChI=1S/C6H14O6.Tc/c7-1-3(9)5(11)6(12)4(10)2-8;/h3-12H,1-2H2;/t3-,4-,5-,6-;/m1./s1/i;1+1. The van der Waals surface area contributed by atoms with E-state index < -0.39 is 37.6 Å².